The van der Waals surface area contributed by atoms with Gasteiger partial charge in [-0.05, 0) is 12.1 Å². The average molecular weight is 309 g/mol. The van der Waals surface area contributed by atoms with Gasteiger partial charge in [0.1, 0.15) is 5.01 Å². The van der Waals surface area contributed by atoms with E-state index in [9.17, 15) is 4.79 Å². The fraction of sp³-hybridized carbons (Fsp3) is 0.118. The Kier molecular flexibility index (Phi) is 4.56. The maximum atomic E-state index is 12.0. The van der Waals surface area contributed by atoms with E-state index in [2.05, 4.69) is 15.3 Å². The van der Waals surface area contributed by atoms with E-state index in [1.807, 2.05) is 53.9 Å². The smallest absolute Gasteiger partial charge is 0.226 e. The standard InChI is InChI=1S/C17H15N3OS/c21-16(19-11-14-8-4-5-9-18-14)10-15-12-22-17(20-15)13-6-2-1-3-7-13/h1-9,12H,10-11H2,(H,19,21). The lowest BCUT2D eigenvalue weighted by Crippen LogP contribution is -2.25. The third-order valence-electron chi connectivity index (χ3n) is 3.11. The van der Waals surface area contributed by atoms with Gasteiger partial charge in [0.2, 0.25) is 5.91 Å². The summed E-state index contributed by atoms with van der Waals surface area (Å²) in [5.74, 6) is -0.0458. The van der Waals surface area contributed by atoms with Crippen molar-refractivity contribution < 1.29 is 4.79 Å². The molecule has 0 spiro atoms. The third-order valence-corrected chi connectivity index (χ3v) is 4.05. The van der Waals surface area contributed by atoms with Crippen LogP contribution >= 0.6 is 11.3 Å². The van der Waals surface area contributed by atoms with Crippen molar-refractivity contribution in [3.8, 4) is 10.6 Å². The van der Waals surface area contributed by atoms with Crippen LogP contribution < -0.4 is 5.32 Å². The van der Waals surface area contributed by atoms with Crippen molar-refractivity contribution >= 4 is 17.2 Å². The van der Waals surface area contributed by atoms with Crippen LogP contribution in [0, 0.1) is 0 Å². The van der Waals surface area contributed by atoms with E-state index in [1.54, 1.807) is 17.5 Å². The van der Waals surface area contributed by atoms with Gasteiger partial charge in [-0.1, -0.05) is 36.4 Å². The van der Waals surface area contributed by atoms with Crippen LogP contribution in [0.4, 0.5) is 0 Å². The van der Waals surface area contributed by atoms with Crippen LogP contribution in [0.15, 0.2) is 60.1 Å². The Labute approximate surface area is 132 Å². The zero-order valence-corrected chi connectivity index (χ0v) is 12.7. The molecule has 0 aliphatic carbocycles. The maximum Gasteiger partial charge on any atom is 0.226 e. The number of nitrogens with one attached hydrogen (secondary N) is 1. The van der Waals surface area contributed by atoms with Gasteiger partial charge in [-0.15, -0.1) is 11.3 Å². The van der Waals surface area contributed by atoms with Crippen molar-refractivity contribution in [1.29, 1.82) is 0 Å². The lowest BCUT2D eigenvalue weighted by Gasteiger charge is -2.03. The van der Waals surface area contributed by atoms with Gasteiger partial charge < -0.3 is 5.32 Å². The molecule has 0 aliphatic rings. The number of aromatic nitrogens is 2. The fourth-order valence-electron chi connectivity index (χ4n) is 2.02. The molecular weight excluding hydrogens is 294 g/mol. The summed E-state index contributed by atoms with van der Waals surface area (Å²) in [4.78, 5) is 20.6. The molecule has 2 heterocycles. The zero-order chi connectivity index (χ0) is 15.2. The highest BCUT2D eigenvalue weighted by Gasteiger charge is 2.09. The van der Waals surface area contributed by atoms with Crippen LogP contribution in [0.1, 0.15) is 11.4 Å². The monoisotopic (exact) mass is 309 g/mol. The number of thiazole rings is 1. The minimum Gasteiger partial charge on any atom is -0.350 e. The van der Waals surface area contributed by atoms with Gasteiger partial charge >= 0.3 is 0 Å². The number of benzene rings is 1. The number of hydrogen-bond donors (Lipinski definition) is 1. The van der Waals surface area contributed by atoms with Crippen molar-refractivity contribution in [2.75, 3.05) is 0 Å². The summed E-state index contributed by atoms with van der Waals surface area (Å²) in [6, 6.07) is 15.6. The number of hydrogen-bond acceptors (Lipinski definition) is 4. The normalized spacial score (nSPS) is 10.4. The number of nitrogens with zero attached hydrogens (tertiary/aromatic N) is 2. The molecule has 0 unspecified atom stereocenters. The summed E-state index contributed by atoms with van der Waals surface area (Å²) in [5.41, 5.74) is 2.72. The number of pyridine rings is 1. The largest absolute Gasteiger partial charge is 0.350 e. The molecular formula is C17H15N3OS. The van der Waals surface area contributed by atoms with Gasteiger partial charge in [-0.3, -0.25) is 9.78 Å². The lowest BCUT2D eigenvalue weighted by atomic mass is 10.2. The predicted molar refractivity (Wildman–Crippen MR) is 87.3 cm³/mol. The molecule has 0 atom stereocenters. The molecule has 0 saturated heterocycles. The van der Waals surface area contributed by atoms with Gasteiger partial charge in [0.25, 0.3) is 0 Å². The Bertz CT molecular complexity index is 741. The van der Waals surface area contributed by atoms with E-state index in [0.29, 0.717) is 6.54 Å². The number of carbonyl (C=O) groups excluding carboxylic acids is 1. The fourth-order valence-corrected chi connectivity index (χ4v) is 2.85. The van der Waals surface area contributed by atoms with E-state index in [-0.39, 0.29) is 12.3 Å². The molecule has 0 saturated carbocycles. The van der Waals surface area contributed by atoms with Crippen LogP contribution in [0.2, 0.25) is 0 Å². The third kappa shape index (κ3) is 3.77. The topological polar surface area (TPSA) is 54.9 Å². The van der Waals surface area contributed by atoms with Gasteiger partial charge in [-0.2, -0.15) is 0 Å². The minimum absolute atomic E-state index is 0.0458. The van der Waals surface area contributed by atoms with E-state index < -0.39 is 0 Å². The SMILES string of the molecule is O=C(Cc1csc(-c2ccccc2)n1)NCc1ccccn1. The van der Waals surface area contributed by atoms with Crippen LogP contribution in [-0.2, 0) is 17.8 Å². The molecule has 3 aromatic rings. The van der Waals surface area contributed by atoms with Crippen LogP contribution in [0.25, 0.3) is 10.6 Å². The van der Waals surface area contributed by atoms with Crippen LogP contribution in [0.3, 0.4) is 0 Å². The summed E-state index contributed by atoms with van der Waals surface area (Å²) >= 11 is 1.56. The van der Waals surface area contributed by atoms with E-state index in [0.717, 1.165) is 22.0 Å². The van der Waals surface area contributed by atoms with Crippen molar-refractivity contribution in [1.82, 2.24) is 15.3 Å². The Morgan fingerprint density at radius 2 is 1.86 bits per heavy atom. The van der Waals surface area contributed by atoms with Crippen molar-refractivity contribution in [3.05, 3.63) is 71.5 Å². The summed E-state index contributed by atoms with van der Waals surface area (Å²) in [6.07, 6.45) is 2.00. The van der Waals surface area contributed by atoms with Crippen molar-refractivity contribution in [3.63, 3.8) is 0 Å². The second kappa shape index (κ2) is 6.95. The highest BCUT2D eigenvalue weighted by molar-refractivity contribution is 7.13. The number of amides is 1. The minimum atomic E-state index is -0.0458. The second-order valence-corrected chi connectivity index (χ2v) is 5.64. The molecule has 1 N–H and O–H groups in total. The molecule has 22 heavy (non-hydrogen) atoms. The van der Waals surface area contributed by atoms with Gasteiger partial charge in [0.05, 0.1) is 24.4 Å². The molecule has 0 radical (unpaired) electrons. The quantitative estimate of drug-likeness (QED) is 0.788. The summed E-state index contributed by atoms with van der Waals surface area (Å²) < 4.78 is 0. The van der Waals surface area contributed by atoms with Gasteiger partial charge in [-0.25, -0.2) is 4.98 Å². The molecule has 5 heteroatoms. The highest BCUT2D eigenvalue weighted by atomic mass is 32.1. The Morgan fingerprint density at radius 3 is 2.64 bits per heavy atom. The molecule has 110 valence electrons. The first kappa shape index (κ1) is 14.4. The molecule has 0 fully saturated rings. The molecule has 2 aromatic heterocycles. The number of rotatable bonds is 5. The second-order valence-electron chi connectivity index (χ2n) is 4.78. The van der Waals surface area contributed by atoms with E-state index in [1.165, 1.54) is 0 Å². The molecule has 0 bridgehead atoms. The van der Waals surface area contributed by atoms with Crippen LogP contribution in [-0.4, -0.2) is 15.9 Å². The first-order valence-electron chi connectivity index (χ1n) is 6.98. The van der Waals surface area contributed by atoms with Gasteiger partial charge in [0, 0.05) is 17.1 Å². The molecule has 3 rings (SSSR count). The van der Waals surface area contributed by atoms with E-state index in [4.69, 9.17) is 0 Å². The highest BCUT2D eigenvalue weighted by Crippen LogP contribution is 2.23. The Hall–Kier alpha value is -2.53. The van der Waals surface area contributed by atoms with E-state index >= 15 is 0 Å². The van der Waals surface area contributed by atoms with Crippen molar-refractivity contribution in [2.45, 2.75) is 13.0 Å². The first-order valence-corrected chi connectivity index (χ1v) is 7.85. The van der Waals surface area contributed by atoms with Crippen LogP contribution in [0.5, 0.6) is 0 Å². The lowest BCUT2D eigenvalue weighted by molar-refractivity contribution is -0.120. The zero-order valence-electron chi connectivity index (χ0n) is 11.9. The first-order chi connectivity index (χ1) is 10.8. The van der Waals surface area contributed by atoms with Gasteiger partial charge in [0.15, 0.2) is 0 Å². The summed E-state index contributed by atoms with van der Waals surface area (Å²) in [7, 11) is 0. The molecule has 1 amide bonds. The summed E-state index contributed by atoms with van der Waals surface area (Å²) in [5, 5.41) is 5.73. The Balaban J connectivity index is 1.57. The molecule has 0 aliphatic heterocycles. The summed E-state index contributed by atoms with van der Waals surface area (Å²) in [6.45, 7) is 0.440. The Morgan fingerprint density at radius 1 is 1.05 bits per heavy atom. The average Bonchev–Trinajstić information content (AvgIpc) is 3.03. The number of carbonyl (C=O) groups is 1. The molecule has 1 aromatic carbocycles. The maximum absolute atomic E-state index is 12.0. The predicted octanol–water partition coefficient (Wildman–Crippen LogP) is 3.06. The van der Waals surface area contributed by atoms with Crippen molar-refractivity contribution in [2.24, 2.45) is 0 Å². The molecule has 4 nitrogen and oxygen atoms in total.